The van der Waals surface area contributed by atoms with Gasteiger partial charge in [-0.15, -0.1) is 0 Å². The lowest BCUT2D eigenvalue weighted by atomic mass is 10.3. The number of fused-ring (bicyclic) bond motifs is 1. The normalized spacial score (nSPS) is 10.5. The fourth-order valence-electron chi connectivity index (χ4n) is 1.94. The van der Waals surface area contributed by atoms with Gasteiger partial charge < -0.3 is 10.1 Å². The predicted molar refractivity (Wildman–Crippen MR) is 82.6 cm³/mol. The largest absolute Gasteiger partial charge is 0.496 e. The average Bonchev–Trinajstić information content (AvgIpc) is 2.89. The van der Waals surface area contributed by atoms with Crippen molar-refractivity contribution in [2.75, 3.05) is 12.4 Å². The molecular weight excluding hydrogens is 290 g/mol. The van der Waals surface area contributed by atoms with Crippen LogP contribution in [0, 0.1) is 10.1 Å². The topological polar surface area (TPSA) is 77.3 Å². The maximum absolute atomic E-state index is 11.1. The highest BCUT2D eigenvalue weighted by Crippen LogP contribution is 2.36. The Kier molecular flexibility index (Phi) is 3.41. The molecule has 0 aliphatic rings. The summed E-state index contributed by atoms with van der Waals surface area (Å²) in [6, 6.07) is 12.7. The number of non-ortho nitro benzene ring substituents is 1. The molecule has 0 unspecified atom stereocenters. The molecule has 3 aromatic rings. The van der Waals surface area contributed by atoms with Crippen molar-refractivity contribution in [3.63, 3.8) is 0 Å². The van der Waals surface area contributed by atoms with Gasteiger partial charge in [0.15, 0.2) is 10.6 Å². The molecule has 2 aromatic carbocycles. The van der Waals surface area contributed by atoms with E-state index < -0.39 is 4.92 Å². The molecule has 6 nitrogen and oxygen atoms in total. The zero-order valence-corrected chi connectivity index (χ0v) is 11.9. The third kappa shape index (κ3) is 2.63. The quantitative estimate of drug-likeness (QED) is 0.583. The summed E-state index contributed by atoms with van der Waals surface area (Å²) in [5.74, 6) is 0.448. The molecule has 0 fully saturated rings. The van der Waals surface area contributed by atoms with Crippen LogP contribution in [-0.4, -0.2) is 17.0 Å². The van der Waals surface area contributed by atoms with E-state index in [1.165, 1.54) is 24.5 Å². The molecule has 1 N–H and O–H groups in total. The van der Waals surface area contributed by atoms with Gasteiger partial charge in [0.1, 0.15) is 5.75 Å². The molecule has 0 atom stereocenters. The number of thiazole rings is 1. The van der Waals surface area contributed by atoms with Gasteiger partial charge in [-0.3, -0.25) is 10.1 Å². The van der Waals surface area contributed by atoms with Crippen molar-refractivity contribution in [1.29, 1.82) is 0 Å². The molecule has 0 bridgehead atoms. The van der Waals surface area contributed by atoms with Crippen LogP contribution >= 0.6 is 11.3 Å². The molecule has 1 aromatic heterocycles. The van der Waals surface area contributed by atoms with E-state index in [2.05, 4.69) is 10.3 Å². The fourth-order valence-corrected chi connectivity index (χ4v) is 2.88. The molecule has 0 aliphatic carbocycles. The number of ether oxygens (including phenoxy) is 1. The van der Waals surface area contributed by atoms with E-state index >= 15 is 0 Å². The third-order valence-electron chi connectivity index (χ3n) is 2.91. The number of benzene rings is 2. The summed E-state index contributed by atoms with van der Waals surface area (Å²) in [6.45, 7) is 0. The van der Waals surface area contributed by atoms with Crippen LogP contribution in [0.4, 0.5) is 16.5 Å². The minimum Gasteiger partial charge on any atom is -0.496 e. The first-order chi connectivity index (χ1) is 10.2. The van der Waals surface area contributed by atoms with Crippen LogP contribution in [-0.2, 0) is 0 Å². The molecule has 0 saturated carbocycles. The van der Waals surface area contributed by atoms with Crippen LogP contribution in [0.1, 0.15) is 0 Å². The maximum atomic E-state index is 11.1. The zero-order valence-electron chi connectivity index (χ0n) is 11.1. The van der Waals surface area contributed by atoms with Gasteiger partial charge in [0, 0.05) is 11.8 Å². The molecule has 7 heteroatoms. The van der Waals surface area contributed by atoms with Crippen molar-refractivity contribution in [3.05, 3.63) is 52.6 Å². The van der Waals surface area contributed by atoms with Crippen LogP contribution < -0.4 is 10.1 Å². The Hall–Kier alpha value is -2.67. The van der Waals surface area contributed by atoms with Gasteiger partial charge in [0.25, 0.3) is 5.69 Å². The van der Waals surface area contributed by atoms with Crippen molar-refractivity contribution >= 4 is 38.1 Å². The number of nitro groups is 1. The maximum Gasteiger partial charge on any atom is 0.300 e. The smallest absolute Gasteiger partial charge is 0.300 e. The van der Waals surface area contributed by atoms with Gasteiger partial charge in [-0.05, 0) is 12.1 Å². The van der Waals surface area contributed by atoms with E-state index in [1.54, 1.807) is 6.07 Å². The summed E-state index contributed by atoms with van der Waals surface area (Å²) in [5.41, 5.74) is 1.19. The van der Waals surface area contributed by atoms with Crippen LogP contribution in [0.3, 0.4) is 0 Å². The van der Waals surface area contributed by atoms with Gasteiger partial charge in [-0.1, -0.05) is 29.5 Å². The number of hydrogen-bond acceptors (Lipinski definition) is 6. The second-order valence-electron chi connectivity index (χ2n) is 4.26. The molecule has 0 radical (unpaired) electrons. The van der Waals surface area contributed by atoms with Gasteiger partial charge in [-0.25, -0.2) is 4.98 Å². The van der Waals surface area contributed by atoms with E-state index in [0.717, 1.165) is 5.69 Å². The van der Waals surface area contributed by atoms with Gasteiger partial charge in [0.05, 0.1) is 22.8 Å². The summed E-state index contributed by atoms with van der Waals surface area (Å²) >= 11 is 1.35. The Balaban J connectivity index is 2.07. The lowest BCUT2D eigenvalue weighted by Crippen LogP contribution is -1.92. The zero-order chi connectivity index (χ0) is 14.8. The van der Waals surface area contributed by atoms with Crippen LogP contribution in [0.5, 0.6) is 5.75 Å². The lowest BCUT2D eigenvalue weighted by Gasteiger charge is -1.99. The molecule has 0 aliphatic heterocycles. The number of nitrogens with one attached hydrogen (secondary N) is 1. The Bertz CT molecular complexity index is 802. The van der Waals surface area contributed by atoms with Crippen molar-refractivity contribution in [3.8, 4) is 5.75 Å². The Morgan fingerprint density at radius 3 is 2.71 bits per heavy atom. The SMILES string of the molecule is COc1cc([N+](=O)[O-])c2nc(Nc3ccccc3)sc2c1. The Morgan fingerprint density at radius 2 is 2.05 bits per heavy atom. The highest BCUT2D eigenvalue weighted by molar-refractivity contribution is 7.22. The standard InChI is InChI=1S/C14H11N3O3S/c1-20-10-7-11(17(18)19)13-12(8-10)21-14(16-13)15-9-5-3-2-4-6-9/h2-8H,1H3,(H,15,16). The molecule has 0 saturated heterocycles. The van der Waals surface area contributed by atoms with Crippen LogP contribution in [0.2, 0.25) is 0 Å². The molecule has 3 rings (SSSR count). The third-order valence-corrected chi connectivity index (χ3v) is 3.82. The summed E-state index contributed by atoms with van der Waals surface area (Å²) < 4.78 is 5.80. The highest BCUT2D eigenvalue weighted by atomic mass is 32.1. The number of rotatable bonds is 4. The summed E-state index contributed by atoms with van der Waals surface area (Å²) in [5, 5.41) is 14.9. The first-order valence-electron chi connectivity index (χ1n) is 6.12. The van der Waals surface area contributed by atoms with E-state index in [-0.39, 0.29) is 5.69 Å². The number of anilines is 2. The summed E-state index contributed by atoms with van der Waals surface area (Å²) in [4.78, 5) is 15.0. The van der Waals surface area contributed by atoms with E-state index in [0.29, 0.717) is 21.1 Å². The highest BCUT2D eigenvalue weighted by Gasteiger charge is 2.18. The number of nitrogens with zero attached hydrogens (tertiary/aromatic N) is 2. The molecule has 0 spiro atoms. The van der Waals surface area contributed by atoms with Crippen molar-refractivity contribution in [1.82, 2.24) is 4.98 Å². The number of hydrogen-bond donors (Lipinski definition) is 1. The van der Waals surface area contributed by atoms with E-state index in [4.69, 9.17) is 4.74 Å². The number of aromatic nitrogens is 1. The second-order valence-corrected chi connectivity index (χ2v) is 5.29. The monoisotopic (exact) mass is 301 g/mol. The molecule has 1 heterocycles. The van der Waals surface area contributed by atoms with Crippen molar-refractivity contribution in [2.24, 2.45) is 0 Å². The Labute approximate surface area is 124 Å². The molecule has 21 heavy (non-hydrogen) atoms. The van der Waals surface area contributed by atoms with Gasteiger partial charge in [-0.2, -0.15) is 0 Å². The number of nitro benzene ring substituents is 1. The van der Waals surface area contributed by atoms with E-state index in [1.807, 2.05) is 30.3 Å². The molecule has 0 amide bonds. The van der Waals surface area contributed by atoms with Crippen LogP contribution in [0.15, 0.2) is 42.5 Å². The minimum absolute atomic E-state index is 0.0540. The first-order valence-corrected chi connectivity index (χ1v) is 6.94. The van der Waals surface area contributed by atoms with E-state index in [9.17, 15) is 10.1 Å². The average molecular weight is 301 g/mol. The van der Waals surface area contributed by atoms with Gasteiger partial charge in [0.2, 0.25) is 0 Å². The molecular formula is C14H11N3O3S. The minimum atomic E-state index is -0.448. The number of methoxy groups -OCH3 is 1. The first kappa shape index (κ1) is 13.3. The lowest BCUT2D eigenvalue weighted by molar-refractivity contribution is -0.383. The summed E-state index contributed by atoms with van der Waals surface area (Å²) in [7, 11) is 1.48. The van der Waals surface area contributed by atoms with Crippen LogP contribution in [0.25, 0.3) is 10.2 Å². The van der Waals surface area contributed by atoms with Crippen molar-refractivity contribution in [2.45, 2.75) is 0 Å². The molecule has 106 valence electrons. The Morgan fingerprint density at radius 1 is 1.29 bits per heavy atom. The predicted octanol–water partition coefficient (Wildman–Crippen LogP) is 3.96. The van der Waals surface area contributed by atoms with Gasteiger partial charge >= 0.3 is 0 Å². The number of para-hydroxylation sites is 1. The second kappa shape index (κ2) is 5.37. The van der Waals surface area contributed by atoms with Crippen molar-refractivity contribution < 1.29 is 9.66 Å². The fraction of sp³-hybridized carbons (Fsp3) is 0.0714. The summed E-state index contributed by atoms with van der Waals surface area (Å²) in [6.07, 6.45) is 0.